The molecule has 0 aliphatic heterocycles. The molecule has 0 amide bonds. The monoisotopic (exact) mass is 266 g/mol. The van der Waals surface area contributed by atoms with Gasteiger partial charge in [-0.2, -0.15) is 0 Å². The highest BCUT2D eigenvalue weighted by atomic mass is 16.6. The highest BCUT2D eigenvalue weighted by Gasteiger charge is 2.15. The molecule has 1 atom stereocenters. The second kappa shape index (κ2) is 7.61. The molecule has 0 radical (unpaired) electrons. The number of hydrogen-bond acceptors (Lipinski definition) is 4. The summed E-state index contributed by atoms with van der Waals surface area (Å²) >= 11 is 0. The number of ether oxygens (including phenoxy) is 1. The van der Waals surface area contributed by atoms with Crippen LogP contribution in [0.5, 0.6) is 5.75 Å². The number of nitrogens with one attached hydrogen (secondary N) is 1. The first-order valence-electron chi connectivity index (χ1n) is 6.73. The largest absolute Gasteiger partial charge is 0.487 e. The molecule has 0 bridgehead atoms. The van der Waals surface area contributed by atoms with Crippen molar-refractivity contribution in [1.29, 1.82) is 0 Å². The van der Waals surface area contributed by atoms with E-state index in [-0.39, 0.29) is 5.69 Å². The average Bonchev–Trinajstić information content (AvgIpc) is 2.42. The maximum absolute atomic E-state index is 10.9. The summed E-state index contributed by atoms with van der Waals surface area (Å²) in [5.74, 6) is 0.899. The van der Waals surface area contributed by atoms with E-state index in [9.17, 15) is 10.1 Å². The predicted molar refractivity (Wildman–Crippen MR) is 76.8 cm³/mol. The van der Waals surface area contributed by atoms with E-state index in [0.717, 1.165) is 25.1 Å². The standard InChI is InChI=1S/C14H22N2O3/c1-4-8-19-14-9-12(15-10-11(3)5-2)6-7-13(14)16(17)18/h6-7,9,11,15H,4-5,8,10H2,1-3H3. The lowest BCUT2D eigenvalue weighted by molar-refractivity contribution is -0.385. The van der Waals surface area contributed by atoms with E-state index >= 15 is 0 Å². The molecule has 0 saturated heterocycles. The van der Waals surface area contributed by atoms with E-state index in [1.165, 1.54) is 6.07 Å². The number of benzene rings is 1. The number of nitro benzene ring substituents is 1. The van der Waals surface area contributed by atoms with Gasteiger partial charge in [0, 0.05) is 24.4 Å². The van der Waals surface area contributed by atoms with Gasteiger partial charge in [-0.15, -0.1) is 0 Å². The van der Waals surface area contributed by atoms with Crippen LogP contribution in [0.1, 0.15) is 33.6 Å². The first-order valence-corrected chi connectivity index (χ1v) is 6.73. The van der Waals surface area contributed by atoms with Gasteiger partial charge in [-0.05, 0) is 18.4 Å². The minimum Gasteiger partial charge on any atom is -0.487 e. The molecule has 1 rings (SSSR count). The molecule has 106 valence electrons. The maximum atomic E-state index is 10.9. The van der Waals surface area contributed by atoms with Crippen molar-refractivity contribution in [3.8, 4) is 5.75 Å². The predicted octanol–water partition coefficient (Wildman–Crippen LogP) is 3.84. The Morgan fingerprint density at radius 2 is 2.16 bits per heavy atom. The van der Waals surface area contributed by atoms with Crippen LogP contribution in [0, 0.1) is 16.0 Å². The van der Waals surface area contributed by atoms with Crippen LogP contribution in [0.4, 0.5) is 11.4 Å². The Hall–Kier alpha value is -1.78. The summed E-state index contributed by atoms with van der Waals surface area (Å²) in [6.07, 6.45) is 1.92. The molecule has 0 spiro atoms. The fourth-order valence-corrected chi connectivity index (χ4v) is 1.54. The van der Waals surface area contributed by atoms with E-state index in [1.807, 2.05) is 6.92 Å². The maximum Gasteiger partial charge on any atom is 0.311 e. The normalized spacial score (nSPS) is 11.9. The van der Waals surface area contributed by atoms with Gasteiger partial charge >= 0.3 is 5.69 Å². The molecule has 1 N–H and O–H groups in total. The third kappa shape index (κ3) is 4.77. The van der Waals surface area contributed by atoms with Crippen molar-refractivity contribution in [3.05, 3.63) is 28.3 Å². The fraction of sp³-hybridized carbons (Fsp3) is 0.571. The van der Waals surface area contributed by atoms with Gasteiger partial charge in [-0.3, -0.25) is 10.1 Å². The van der Waals surface area contributed by atoms with Gasteiger partial charge < -0.3 is 10.1 Å². The lowest BCUT2D eigenvalue weighted by Crippen LogP contribution is -2.10. The van der Waals surface area contributed by atoms with Crippen molar-refractivity contribution in [2.24, 2.45) is 5.92 Å². The molecule has 0 aromatic heterocycles. The highest BCUT2D eigenvalue weighted by molar-refractivity contribution is 5.58. The van der Waals surface area contributed by atoms with Crippen molar-refractivity contribution in [2.45, 2.75) is 33.6 Å². The summed E-state index contributed by atoms with van der Waals surface area (Å²) in [6.45, 7) is 7.60. The summed E-state index contributed by atoms with van der Waals surface area (Å²) in [7, 11) is 0. The summed E-state index contributed by atoms with van der Waals surface area (Å²) in [6, 6.07) is 4.92. The quantitative estimate of drug-likeness (QED) is 0.573. The Balaban J connectivity index is 2.81. The van der Waals surface area contributed by atoms with Crippen molar-refractivity contribution in [3.63, 3.8) is 0 Å². The van der Waals surface area contributed by atoms with Gasteiger partial charge in [-0.25, -0.2) is 0 Å². The second-order valence-corrected chi connectivity index (χ2v) is 4.68. The molecule has 1 aromatic carbocycles. The Labute approximate surface area is 114 Å². The Kier molecular flexibility index (Phi) is 6.12. The minimum atomic E-state index is -0.413. The van der Waals surface area contributed by atoms with E-state index in [0.29, 0.717) is 18.3 Å². The van der Waals surface area contributed by atoms with Crippen molar-refractivity contribution < 1.29 is 9.66 Å². The molecule has 0 aliphatic carbocycles. The molecule has 1 unspecified atom stereocenters. The zero-order valence-corrected chi connectivity index (χ0v) is 11.8. The molecule has 5 heteroatoms. The van der Waals surface area contributed by atoms with Gasteiger partial charge in [0.05, 0.1) is 11.5 Å². The second-order valence-electron chi connectivity index (χ2n) is 4.68. The van der Waals surface area contributed by atoms with Gasteiger partial charge in [0.2, 0.25) is 0 Å². The summed E-state index contributed by atoms with van der Waals surface area (Å²) in [5.41, 5.74) is 0.875. The SMILES string of the molecule is CCCOc1cc(NCC(C)CC)ccc1[N+](=O)[O-]. The minimum absolute atomic E-state index is 0.0162. The van der Waals surface area contributed by atoms with Gasteiger partial charge in [0.15, 0.2) is 5.75 Å². The molecule has 0 saturated carbocycles. The van der Waals surface area contributed by atoms with E-state index in [4.69, 9.17) is 4.74 Å². The zero-order valence-electron chi connectivity index (χ0n) is 11.8. The summed E-state index contributed by atoms with van der Waals surface area (Å²) in [4.78, 5) is 10.5. The first kappa shape index (κ1) is 15.3. The number of nitrogens with zero attached hydrogens (tertiary/aromatic N) is 1. The van der Waals surface area contributed by atoms with E-state index in [2.05, 4.69) is 19.2 Å². The van der Waals surface area contributed by atoms with E-state index in [1.54, 1.807) is 12.1 Å². The van der Waals surface area contributed by atoms with Crippen molar-refractivity contribution in [2.75, 3.05) is 18.5 Å². The molecule has 0 heterocycles. The van der Waals surface area contributed by atoms with Crippen LogP contribution >= 0.6 is 0 Å². The van der Waals surface area contributed by atoms with Gasteiger partial charge in [0.25, 0.3) is 0 Å². The Bertz CT molecular complexity index is 421. The van der Waals surface area contributed by atoms with Crippen LogP contribution in [0.3, 0.4) is 0 Å². The number of anilines is 1. The lowest BCUT2D eigenvalue weighted by atomic mass is 10.1. The van der Waals surface area contributed by atoms with E-state index < -0.39 is 4.92 Å². The summed E-state index contributed by atoms with van der Waals surface area (Å²) in [5, 5.41) is 14.2. The topological polar surface area (TPSA) is 64.4 Å². The van der Waals surface area contributed by atoms with Crippen LogP contribution in [-0.2, 0) is 0 Å². The Morgan fingerprint density at radius 1 is 1.42 bits per heavy atom. The third-order valence-corrected chi connectivity index (χ3v) is 2.97. The zero-order chi connectivity index (χ0) is 14.3. The number of rotatable bonds is 8. The molecular weight excluding hydrogens is 244 g/mol. The molecule has 1 aromatic rings. The summed E-state index contributed by atoms with van der Waals surface area (Å²) < 4.78 is 5.44. The first-order chi connectivity index (χ1) is 9.08. The van der Waals surface area contributed by atoms with Crippen LogP contribution in [0.2, 0.25) is 0 Å². The van der Waals surface area contributed by atoms with Crippen molar-refractivity contribution in [1.82, 2.24) is 0 Å². The fourth-order valence-electron chi connectivity index (χ4n) is 1.54. The third-order valence-electron chi connectivity index (χ3n) is 2.97. The molecule has 0 aliphatic rings. The van der Waals surface area contributed by atoms with Gasteiger partial charge in [-0.1, -0.05) is 27.2 Å². The van der Waals surface area contributed by atoms with Gasteiger partial charge in [0.1, 0.15) is 0 Å². The molecule has 19 heavy (non-hydrogen) atoms. The molecular formula is C14H22N2O3. The number of hydrogen-bond donors (Lipinski definition) is 1. The van der Waals surface area contributed by atoms with Crippen LogP contribution < -0.4 is 10.1 Å². The van der Waals surface area contributed by atoms with Crippen molar-refractivity contribution >= 4 is 11.4 Å². The lowest BCUT2D eigenvalue weighted by Gasteiger charge is -2.13. The van der Waals surface area contributed by atoms with Crippen LogP contribution in [0.15, 0.2) is 18.2 Å². The molecule has 0 fully saturated rings. The smallest absolute Gasteiger partial charge is 0.311 e. The molecule has 5 nitrogen and oxygen atoms in total. The Morgan fingerprint density at radius 3 is 2.74 bits per heavy atom. The number of nitro groups is 1. The highest BCUT2D eigenvalue weighted by Crippen LogP contribution is 2.30. The average molecular weight is 266 g/mol. The van der Waals surface area contributed by atoms with Crippen LogP contribution in [0.25, 0.3) is 0 Å². The van der Waals surface area contributed by atoms with Crippen LogP contribution in [-0.4, -0.2) is 18.1 Å².